The molecule has 88 valence electrons. The first-order valence-corrected chi connectivity index (χ1v) is 5.93. The van der Waals surface area contributed by atoms with Crippen LogP contribution in [0, 0.1) is 5.92 Å². The Morgan fingerprint density at radius 2 is 2.25 bits per heavy atom. The van der Waals surface area contributed by atoms with Crippen molar-refractivity contribution in [3.8, 4) is 5.75 Å². The fraction of sp³-hybridized carbons (Fsp3) is 0.538. The van der Waals surface area contributed by atoms with E-state index in [1.54, 1.807) is 7.11 Å². The number of benzene rings is 1. The molecule has 2 unspecified atom stereocenters. The molecule has 0 saturated heterocycles. The lowest BCUT2D eigenvalue weighted by atomic mass is 9.97. The van der Waals surface area contributed by atoms with Crippen molar-refractivity contribution in [3.63, 3.8) is 0 Å². The predicted molar refractivity (Wildman–Crippen MR) is 68.3 cm³/mol. The van der Waals surface area contributed by atoms with Crippen molar-refractivity contribution < 1.29 is 4.74 Å². The summed E-state index contributed by atoms with van der Waals surface area (Å²) in [6, 6.07) is 6.63. The maximum absolute atomic E-state index is 5.21. The van der Waals surface area contributed by atoms with Gasteiger partial charge in [-0.25, -0.2) is 0 Å². The molecule has 2 rings (SSSR count). The maximum Gasteiger partial charge on any atom is 0.121 e. The Balaban J connectivity index is 2.15. The normalized spacial score (nSPS) is 20.3. The molecular formula is C13H20N2O. The lowest BCUT2D eigenvalue weighted by Crippen LogP contribution is -2.37. The third-order valence-corrected chi connectivity index (χ3v) is 3.41. The van der Waals surface area contributed by atoms with E-state index in [1.807, 2.05) is 12.1 Å². The lowest BCUT2D eigenvalue weighted by molar-refractivity contribution is 0.414. The highest BCUT2D eigenvalue weighted by Crippen LogP contribution is 2.31. The Kier molecular flexibility index (Phi) is 3.22. The number of methoxy groups -OCH3 is 1. The molecular weight excluding hydrogens is 200 g/mol. The van der Waals surface area contributed by atoms with Crippen LogP contribution in [0.15, 0.2) is 18.2 Å². The number of hydrogen-bond acceptors (Lipinski definition) is 3. The summed E-state index contributed by atoms with van der Waals surface area (Å²) in [5.41, 5.74) is 2.32. The zero-order chi connectivity index (χ0) is 11.5. The Morgan fingerprint density at radius 3 is 2.94 bits per heavy atom. The van der Waals surface area contributed by atoms with Crippen LogP contribution < -0.4 is 15.4 Å². The number of fused-ring (bicyclic) bond motifs is 1. The van der Waals surface area contributed by atoms with Gasteiger partial charge in [0.05, 0.1) is 18.5 Å². The average molecular weight is 220 g/mol. The summed E-state index contributed by atoms with van der Waals surface area (Å²) in [6.07, 6.45) is 1.20. The lowest BCUT2D eigenvalue weighted by Gasteiger charge is -2.32. The molecule has 1 aromatic carbocycles. The van der Waals surface area contributed by atoms with Crippen LogP contribution in [0.4, 0.5) is 11.4 Å². The van der Waals surface area contributed by atoms with Gasteiger partial charge in [0, 0.05) is 18.7 Å². The Hall–Kier alpha value is -1.38. The second-order valence-electron chi connectivity index (χ2n) is 4.43. The summed E-state index contributed by atoms with van der Waals surface area (Å²) in [5.74, 6) is 1.58. The minimum atomic E-state index is 0.519. The summed E-state index contributed by atoms with van der Waals surface area (Å²) in [6.45, 7) is 5.50. The molecule has 0 fully saturated rings. The quantitative estimate of drug-likeness (QED) is 0.821. The molecule has 0 aromatic heterocycles. The second-order valence-corrected chi connectivity index (χ2v) is 4.43. The molecule has 0 aliphatic carbocycles. The van der Waals surface area contributed by atoms with Gasteiger partial charge in [-0.2, -0.15) is 0 Å². The van der Waals surface area contributed by atoms with E-state index in [1.165, 1.54) is 12.1 Å². The van der Waals surface area contributed by atoms with Crippen LogP contribution in [0.2, 0.25) is 0 Å². The number of anilines is 2. The minimum Gasteiger partial charge on any atom is -0.497 e. The van der Waals surface area contributed by atoms with Crippen LogP contribution >= 0.6 is 0 Å². The van der Waals surface area contributed by atoms with E-state index < -0.39 is 0 Å². The van der Waals surface area contributed by atoms with Gasteiger partial charge in [-0.1, -0.05) is 20.3 Å². The van der Waals surface area contributed by atoms with E-state index in [9.17, 15) is 0 Å². The second kappa shape index (κ2) is 4.64. The Bertz CT molecular complexity index is 365. The summed E-state index contributed by atoms with van der Waals surface area (Å²) in [4.78, 5) is 0. The van der Waals surface area contributed by atoms with Gasteiger partial charge in [0.1, 0.15) is 5.75 Å². The molecule has 0 radical (unpaired) electrons. The van der Waals surface area contributed by atoms with Crippen LogP contribution in [-0.2, 0) is 0 Å². The van der Waals surface area contributed by atoms with Gasteiger partial charge in [0.2, 0.25) is 0 Å². The molecule has 3 nitrogen and oxygen atoms in total. The Morgan fingerprint density at radius 1 is 1.44 bits per heavy atom. The van der Waals surface area contributed by atoms with Crippen molar-refractivity contribution in [2.24, 2.45) is 5.92 Å². The van der Waals surface area contributed by atoms with Crippen molar-refractivity contribution in [1.29, 1.82) is 0 Å². The topological polar surface area (TPSA) is 33.3 Å². The van der Waals surface area contributed by atoms with Gasteiger partial charge in [-0.3, -0.25) is 0 Å². The van der Waals surface area contributed by atoms with Gasteiger partial charge >= 0.3 is 0 Å². The van der Waals surface area contributed by atoms with E-state index in [-0.39, 0.29) is 0 Å². The summed E-state index contributed by atoms with van der Waals surface area (Å²) >= 11 is 0. The highest BCUT2D eigenvalue weighted by molar-refractivity contribution is 5.73. The number of hydrogen-bond donors (Lipinski definition) is 2. The van der Waals surface area contributed by atoms with Crippen molar-refractivity contribution in [2.45, 2.75) is 26.3 Å². The highest BCUT2D eigenvalue weighted by Gasteiger charge is 2.21. The zero-order valence-corrected chi connectivity index (χ0v) is 10.2. The largest absolute Gasteiger partial charge is 0.497 e. The van der Waals surface area contributed by atoms with Gasteiger partial charge < -0.3 is 15.4 Å². The van der Waals surface area contributed by atoms with Crippen LogP contribution in [-0.4, -0.2) is 19.7 Å². The van der Waals surface area contributed by atoms with Crippen molar-refractivity contribution in [1.82, 2.24) is 0 Å². The fourth-order valence-corrected chi connectivity index (χ4v) is 2.02. The highest BCUT2D eigenvalue weighted by atomic mass is 16.5. The number of rotatable bonds is 3. The first kappa shape index (κ1) is 11.1. The monoisotopic (exact) mass is 220 g/mol. The van der Waals surface area contributed by atoms with Gasteiger partial charge in [0.15, 0.2) is 0 Å². The molecule has 0 amide bonds. The van der Waals surface area contributed by atoms with E-state index in [4.69, 9.17) is 4.74 Å². The third kappa shape index (κ3) is 2.08. The third-order valence-electron chi connectivity index (χ3n) is 3.41. The molecule has 0 saturated carbocycles. The fourth-order valence-electron chi connectivity index (χ4n) is 2.02. The Labute approximate surface area is 97.2 Å². The number of nitrogens with one attached hydrogen (secondary N) is 2. The van der Waals surface area contributed by atoms with Crippen LogP contribution in [0.5, 0.6) is 5.75 Å². The van der Waals surface area contributed by atoms with Gasteiger partial charge in [0.25, 0.3) is 0 Å². The molecule has 0 bridgehead atoms. The molecule has 1 aromatic rings. The minimum absolute atomic E-state index is 0.519. The van der Waals surface area contributed by atoms with Crippen LogP contribution in [0.3, 0.4) is 0 Å². The van der Waals surface area contributed by atoms with Gasteiger partial charge in [-0.05, 0) is 18.1 Å². The molecule has 1 aliphatic rings. The standard InChI is InChI=1S/C13H20N2O/c1-4-9(2)13-8-14-12-7-10(16-3)5-6-11(12)15-13/h5-7,9,13-15H,4,8H2,1-3H3. The van der Waals surface area contributed by atoms with Crippen molar-refractivity contribution in [3.05, 3.63) is 18.2 Å². The van der Waals surface area contributed by atoms with Crippen LogP contribution in [0.25, 0.3) is 0 Å². The van der Waals surface area contributed by atoms with Crippen LogP contribution in [0.1, 0.15) is 20.3 Å². The van der Waals surface area contributed by atoms with Gasteiger partial charge in [-0.15, -0.1) is 0 Å². The molecule has 1 heterocycles. The van der Waals surface area contributed by atoms with E-state index in [0.717, 1.165) is 18.0 Å². The molecule has 1 aliphatic heterocycles. The van der Waals surface area contributed by atoms with Crippen molar-refractivity contribution in [2.75, 3.05) is 24.3 Å². The molecule has 16 heavy (non-hydrogen) atoms. The molecule has 2 atom stereocenters. The molecule has 2 N–H and O–H groups in total. The van der Waals surface area contributed by atoms with E-state index in [2.05, 4.69) is 30.5 Å². The first-order chi connectivity index (χ1) is 7.74. The summed E-state index contributed by atoms with van der Waals surface area (Å²) in [7, 11) is 1.69. The summed E-state index contributed by atoms with van der Waals surface area (Å²) < 4.78 is 5.21. The van der Waals surface area contributed by atoms with E-state index >= 15 is 0 Å². The average Bonchev–Trinajstić information content (AvgIpc) is 2.36. The van der Waals surface area contributed by atoms with Crippen molar-refractivity contribution >= 4 is 11.4 Å². The predicted octanol–water partition coefficient (Wildman–Crippen LogP) is 2.95. The summed E-state index contributed by atoms with van der Waals surface area (Å²) in [5, 5.41) is 7.04. The maximum atomic E-state index is 5.21. The first-order valence-electron chi connectivity index (χ1n) is 5.93. The molecule has 3 heteroatoms. The molecule has 0 spiro atoms. The smallest absolute Gasteiger partial charge is 0.121 e. The number of ether oxygens (including phenoxy) is 1. The zero-order valence-electron chi connectivity index (χ0n) is 10.2. The SMILES string of the molecule is CCC(C)C1CNc2cc(OC)ccc2N1. The van der Waals surface area contributed by atoms with E-state index in [0.29, 0.717) is 12.0 Å².